The number of nitrogens with one attached hydrogen (secondary N) is 3. The molecule has 198 valence electrons. The van der Waals surface area contributed by atoms with Crippen molar-refractivity contribution in [3.8, 4) is 11.5 Å². The van der Waals surface area contributed by atoms with E-state index in [1.54, 1.807) is 19.1 Å². The molecule has 0 spiro atoms. The SMILES string of the molecule is CCOC(=O)[C@H]1CCCC[C@@H]1NC(=O)[C@@H](NC(=O)CNC(=O)/C=C/c1ccc(O)c(OC)c1)C(C)C. The van der Waals surface area contributed by atoms with Crippen LogP contribution in [0.15, 0.2) is 24.3 Å². The van der Waals surface area contributed by atoms with Crippen molar-refractivity contribution in [2.45, 2.75) is 58.5 Å². The van der Waals surface area contributed by atoms with Crippen molar-refractivity contribution in [3.63, 3.8) is 0 Å². The Morgan fingerprint density at radius 3 is 2.56 bits per heavy atom. The van der Waals surface area contributed by atoms with Crippen molar-refractivity contribution in [3.05, 3.63) is 29.8 Å². The zero-order chi connectivity index (χ0) is 26.7. The van der Waals surface area contributed by atoms with E-state index in [2.05, 4.69) is 16.0 Å². The summed E-state index contributed by atoms with van der Waals surface area (Å²) < 4.78 is 10.2. The second kappa shape index (κ2) is 14.1. The topological polar surface area (TPSA) is 143 Å². The van der Waals surface area contributed by atoms with Crippen LogP contribution in [0.1, 0.15) is 52.0 Å². The predicted octanol–water partition coefficient (Wildman–Crippen LogP) is 1.91. The first-order valence-corrected chi connectivity index (χ1v) is 12.3. The Labute approximate surface area is 211 Å². The monoisotopic (exact) mass is 503 g/mol. The average Bonchev–Trinajstić information content (AvgIpc) is 2.85. The van der Waals surface area contributed by atoms with Gasteiger partial charge in [0.15, 0.2) is 11.5 Å². The number of carbonyl (C=O) groups is 4. The molecule has 36 heavy (non-hydrogen) atoms. The summed E-state index contributed by atoms with van der Waals surface area (Å²) in [6.07, 6.45) is 5.89. The van der Waals surface area contributed by atoms with E-state index in [0.29, 0.717) is 18.4 Å². The number of ether oxygens (including phenoxy) is 2. The summed E-state index contributed by atoms with van der Waals surface area (Å²) in [6, 6.07) is 3.46. The van der Waals surface area contributed by atoms with Crippen LogP contribution in [0, 0.1) is 11.8 Å². The molecular formula is C26H37N3O7. The highest BCUT2D eigenvalue weighted by atomic mass is 16.5. The van der Waals surface area contributed by atoms with Gasteiger partial charge in [-0.25, -0.2) is 0 Å². The van der Waals surface area contributed by atoms with Gasteiger partial charge in [0.2, 0.25) is 17.7 Å². The van der Waals surface area contributed by atoms with Crippen LogP contribution in [0.3, 0.4) is 0 Å². The number of benzene rings is 1. The fourth-order valence-corrected chi connectivity index (χ4v) is 4.06. The molecule has 0 bridgehead atoms. The van der Waals surface area contributed by atoms with Gasteiger partial charge in [0.1, 0.15) is 6.04 Å². The molecule has 10 nitrogen and oxygen atoms in total. The fraction of sp³-hybridized carbons (Fsp3) is 0.538. The third-order valence-electron chi connectivity index (χ3n) is 6.00. The number of methoxy groups -OCH3 is 1. The number of aromatic hydroxyl groups is 1. The summed E-state index contributed by atoms with van der Waals surface area (Å²) >= 11 is 0. The molecule has 0 saturated heterocycles. The maximum Gasteiger partial charge on any atom is 0.311 e. The van der Waals surface area contributed by atoms with E-state index in [4.69, 9.17) is 9.47 Å². The number of esters is 1. The Bertz CT molecular complexity index is 961. The molecule has 0 unspecified atom stereocenters. The van der Waals surface area contributed by atoms with Crippen molar-refractivity contribution in [2.24, 2.45) is 11.8 Å². The van der Waals surface area contributed by atoms with Crippen LogP contribution in [-0.4, -0.2) is 61.1 Å². The molecule has 1 aliphatic carbocycles. The Morgan fingerprint density at radius 2 is 1.89 bits per heavy atom. The average molecular weight is 504 g/mol. The van der Waals surface area contributed by atoms with Gasteiger partial charge in [-0.3, -0.25) is 19.2 Å². The lowest BCUT2D eigenvalue weighted by atomic mass is 9.84. The van der Waals surface area contributed by atoms with E-state index in [9.17, 15) is 24.3 Å². The highest BCUT2D eigenvalue weighted by Crippen LogP contribution is 2.27. The molecule has 0 radical (unpaired) electrons. The zero-order valence-corrected chi connectivity index (χ0v) is 21.3. The van der Waals surface area contributed by atoms with Crippen LogP contribution < -0.4 is 20.7 Å². The second-order valence-corrected chi connectivity index (χ2v) is 9.03. The van der Waals surface area contributed by atoms with Crippen molar-refractivity contribution in [2.75, 3.05) is 20.3 Å². The Hall–Kier alpha value is -3.56. The molecule has 3 atom stereocenters. The standard InChI is InChI=1S/C26H37N3O7/c1-5-36-26(34)18-8-6-7-9-19(18)28-25(33)24(16(2)3)29-23(32)15-27-22(31)13-11-17-10-12-20(30)21(14-17)35-4/h10-14,16,18-19,24,30H,5-9,15H2,1-4H3,(H,27,31)(H,28,33)(H,29,32)/b13-11+/t18-,19-,24-/m0/s1. The number of rotatable bonds is 11. The van der Waals surface area contributed by atoms with E-state index < -0.39 is 23.8 Å². The molecule has 4 N–H and O–H groups in total. The van der Waals surface area contributed by atoms with Crippen molar-refractivity contribution in [1.29, 1.82) is 0 Å². The number of hydrogen-bond donors (Lipinski definition) is 4. The highest BCUT2D eigenvalue weighted by molar-refractivity contribution is 5.95. The predicted molar refractivity (Wildman–Crippen MR) is 134 cm³/mol. The lowest BCUT2D eigenvalue weighted by Crippen LogP contribution is -2.56. The van der Waals surface area contributed by atoms with Crippen LogP contribution in [0.2, 0.25) is 0 Å². The zero-order valence-electron chi connectivity index (χ0n) is 21.3. The highest BCUT2D eigenvalue weighted by Gasteiger charge is 2.35. The molecule has 0 aliphatic heterocycles. The first kappa shape index (κ1) is 28.7. The van der Waals surface area contributed by atoms with Gasteiger partial charge in [-0.15, -0.1) is 0 Å². The van der Waals surface area contributed by atoms with Gasteiger partial charge >= 0.3 is 5.97 Å². The van der Waals surface area contributed by atoms with E-state index in [-0.39, 0.29) is 48.5 Å². The first-order chi connectivity index (χ1) is 17.2. The van der Waals surface area contributed by atoms with Gasteiger partial charge in [0.25, 0.3) is 0 Å². The molecule has 1 aliphatic rings. The molecule has 1 saturated carbocycles. The van der Waals surface area contributed by atoms with E-state index >= 15 is 0 Å². The van der Waals surface area contributed by atoms with Crippen molar-refractivity contribution in [1.82, 2.24) is 16.0 Å². The number of carbonyl (C=O) groups excluding carboxylic acids is 4. The van der Waals surface area contributed by atoms with Crippen LogP contribution in [0.4, 0.5) is 0 Å². The summed E-state index contributed by atoms with van der Waals surface area (Å²) in [6.45, 7) is 5.33. The van der Waals surface area contributed by atoms with Crippen LogP contribution in [0.5, 0.6) is 11.5 Å². The molecule has 1 aromatic rings. The van der Waals surface area contributed by atoms with Crippen LogP contribution in [-0.2, 0) is 23.9 Å². The summed E-state index contributed by atoms with van der Waals surface area (Å²) in [5.74, 6) is -2.04. The Balaban J connectivity index is 1.90. The largest absolute Gasteiger partial charge is 0.504 e. The Morgan fingerprint density at radius 1 is 1.17 bits per heavy atom. The molecular weight excluding hydrogens is 466 g/mol. The second-order valence-electron chi connectivity index (χ2n) is 9.03. The maximum absolute atomic E-state index is 13.0. The minimum absolute atomic E-state index is 0.0144. The summed E-state index contributed by atoms with van der Waals surface area (Å²) in [5, 5.41) is 17.7. The minimum Gasteiger partial charge on any atom is -0.504 e. The van der Waals surface area contributed by atoms with Gasteiger partial charge in [0.05, 0.1) is 26.2 Å². The Kier molecular flexibility index (Phi) is 11.2. The number of phenols is 1. The summed E-state index contributed by atoms with van der Waals surface area (Å²) in [4.78, 5) is 49.9. The quantitative estimate of drug-likeness (QED) is 0.267. The summed E-state index contributed by atoms with van der Waals surface area (Å²) in [5.41, 5.74) is 0.629. The first-order valence-electron chi connectivity index (χ1n) is 12.3. The van der Waals surface area contributed by atoms with Gasteiger partial charge in [-0.05, 0) is 49.5 Å². The number of amides is 3. The molecule has 3 amide bonds. The number of phenolic OH excluding ortho intramolecular Hbond substituents is 1. The smallest absolute Gasteiger partial charge is 0.311 e. The maximum atomic E-state index is 13.0. The molecule has 0 aromatic heterocycles. The van der Waals surface area contributed by atoms with Crippen LogP contribution in [0.25, 0.3) is 6.08 Å². The van der Waals surface area contributed by atoms with E-state index in [1.807, 2.05) is 13.8 Å². The third-order valence-corrected chi connectivity index (χ3v) is 6.00. The minimum atomic E-state index is -0.820. The normalized spacial score (nSPS) is 18.4. The lowest BCUT2D eigenvalue weighted by Gasteiger charge is -2.32. The van der Waals surface area contributed by atoms with Gasteiger partial charge in [-0.1, -0.05) is 32.8 Å². The van der Waals surface area contributed by atoms with Crippen molar-refractivity contribution < 1.29 is 33.8 Å². The molecule has 1 aromatic carbocycles. The van der Waals surface area contributed by atoms with Gasteiger partial charge in [-0.2, -0.15) is 0 Å². The van der Waals surface area contributed by atoms with E-state index in [1.165, 1.54) is 25.3 Å². The molecule has 10 heteroatoms. The van der Waals surface area contributed by atoms with E-state index in [0.717, 1.165) is 12.8 Å². The lowest BCUT2D eigenvalue weighted by molar-refractivity contribution is -0.150. The summed E-state index contributed by atoms with van der Waals surface area (Å²) in [7, 11) is 1.42. The molecule has 1 fully saturated rings. The van der Waals surface area contributed by atoms with Crippen LogP contribution >= 0.6 is 0 Å². The molecule has 0 heterocycles. The van der Waals surface area contributed by atoms with Gasteiger partial charge in [0, 0.05) is 12.1 Å². The van der Waals surface area contributed by atoms with Crippen molar-refractivity contribution >= 4 is 29.8 Å². The fourth-order valence-electron chi connectivity index (χ4n) is 4.06. The third kappa shape index (κ3) is 8.58. The number of hydrogen-bond acceptors (Lipinski definition) is 7. The molecule has 2 rings (SSSR count). The van der Waals surface area contributed by atoms with Gasteiger partial charge < -0.3 is 30.5 Å².